The molecule has 0 aliphatic carbocycles. The Hall–Kier alpha value is -3.52. The summed E-state index contributed by atoms with van der Waals surface area (Å²) in [6.45, 7) is 5.45. The van der Waals surface area contributed by atoms with Crippen LogP contribution in [-0.2, 0) is 24.3 Å². The molecule has 1 atom stereocenters. The van der Waals surface area contributed by atoms with Gasteiger partial charge in [-0.1, -0.05) is 24.3 Å². The van der Waals surface area contributed by atoms with Crippen LogP contribution in [-0.4, -0.2) is 50.5 Å². The van der Waals surface area contributed by atoms with Crippen LogP contribution in [0.4, 0.5) is 4.39 Å². The third-order valence-corrected chi connectivity index (χ3v) is 7.47. The number of rotatable bonds is 5. The van der Waals surface area contributed by atoms with Crippen LogP contribution < -0.4 is 0 Å². The summed E-state index contributed by atoms with van der Waals surface area (Å²) in [4.78, 5) is 22.0. The Morgan fingerprint density at radius 3 is 3.00 bits per heavy atom. The Bertz CT molecular complexity index is 1410. The normalized spacial score (nSPS) is 18.5. The van der Waals surface area contributed by atoms with Gasteiger partial charge in [-0.15, -0.1) is 0 Å². The lowest BCUT2D eigenvalue weighted by Gasteiger charge is -2.34. The Balaban J connectivity index is 1.12. The minimum Gasteiger partial charge on any atom is -0.441 e. The highest BCUT2D eigenvalue weighted by Crippen LogP contribution is 2.31. The molecule has 1 fully saturated rings. The van der Waals surface area contributed by atoms with Crippen molar-refractivity contribution in [1.29, 1.82) is 0 Å². The summed E-state index contributed by atoms with van der Waals surface area (Å²) < 4.78 is 19.8. The molecule has 2 aliphatic rings. The van der Waals surface area contributed by atoms with E-state index in [1.165, 1.54) is 6.07 Å². The summed E-state index contributed by atoms with van der Waals surface area (Å²) in [5.41, 5.74) is 6.29. The van der Waals surface area contributed by atoms with Gasteiger partial charge in [-0.2, -0.15) is 5.10 Å². The van der Waals surface area contributed by atoms with Crippen LogP contribution in [0.3, 0.4) is 0 Å². The predicted molar refractivity (Wildman–Crippen MR) is 134 cm³/mol. The van der Waals surface area contributed by atoms with Crippen LogP contribution in [0.15, 0.2) is 46.9 Å². The van der Waals surface area contributed by atoms with Crippen LogP contribution in [0.25, 0.3) is 22.4 Å². The molecule has 0 unspecified atom stereocenters. The maximum absolute atomic E-state index is 14.1. The number of H-pyrrole nitrogens is 1. The van der Waals surface area contributed by atoms with Gasteiger partial charge < -0.3 is 9.32 Å². The van der Waals surface area contributed by atoms with Gasteiger partial charge in [0.05, 0.1) is 5.69 Å². The van der Waals surface area contributed by atoms with E-state index in [2.05, 4.69) is 20.1 Å². The molecule has 0 radical (unpaired) electrons. The molecule has 2 aliphatic heterocycles. The molecule has 1 N–H and O–H groups in total. The van der Waals surface area contributed by atoms with Gasteiger partial charge in [0.25, 0.3) is 0 Å². The number of aromatic amines is 1. The van der Waals surface area contributed by atoms with Crippen molar-refractivity contribution in [2.45, 2.75) is 45.7 Å². The fraction of sp³-hybridized carbons (Fsp3) is 0.393. The Labute approximate surface area is 209 Å². The van der Waals surface area contributed by atoms with E-state index in [0.29, 0.717) is 37.9 Å². The molecule has 36 heavy (non-hydrogen) atoms. The van der Waals surface area contributed by atoms with Gasteiger partial charge in [0, 0.05) is 68.3 Å². The van der Waals surface area contributed by atoms with Crippen molar-refractivity contribution >= 4 is 17.0 Å². The fourth-order valence-electron chi connectivity index (χ4n) is 5.64. The number of carbonyl (C=O) groups excluding carboxylic acids is 1. The highest BCUT2D eigenvalue weighted by atomic mass is 19.1. The number of oxazole rings is 1. The minimum atomic E-state index is -0.159. The number of piperidine rings is 1. The highest BCUT2D eigenvalue weighted by molar-refractivity contribution is 5.81. The van der Waals surface area contributed by atoms with Crippen LogP contribution in [0.5, 0.6) is 0 Å². The standard InChI is InChI=1S/C28H30FN5O2/c1-18-30-25-9-8-20(14-26(25)36-18)28-22-17-34(12-10-24(22)31-32-28)27(35)13-19-5-4-11-33(15-19)16-21-6-2-3-7-23(21)29/h2-3,6-9,14,19H,4-5,10-13,15-17H2,1H3,(H,31,32)/t19-/m0/s1. The number of nitrogens with one attached hydrogen (secondary N) is 1. The van der Waals surface area contributed by atoms with Crippen molar-refractivity contribution in [2.75, 3.05) is 19.6 Å². The third kappa shape index (κ3) is 4.53. The number of hydrogen-bond donors (Lipinski definition) is 1. The molecule has 1 saturated heterocycles. The van der Waals surface area contributed by atoms with Gasteiger partial charge >= 0.3 is 0 Å². The molecule has 7 nitrogen and oxygen atoms in total. The van der Waals surface area contributed by atoms with Crippen molar-refractivity contribution in [3.05, 3.63) is 71.0 Å². The third-order valence-electron chi connectivity index (χ3n) is 7.47. The maximum Gasteiger partial charge on any atom is 0.223 e. The van der Waals surface area contributed by atoms with E-state index in [0.717, 1.165) is 71.5 Å². The average Bonchev–Trinajstić information content (AvgIpc) is 3.47. The van der Waals surface area contributed by atoms with Crippen molar-refractivity contribution in [2.24, 2.45) is 5.92 Å². The first kappa shape index (κ1) is 22.9. The highest BCUT2D eigenvalue weighted by Gasteiger charge is 2.29. The Kier molecular flexibility index (Phi) is 6.05. The Morgan fingerprint density at radius 2 is 2.11 bits per heavy atom. The molecule has 0 spiro atoms. The first-order valence-electron chi connectivity index (χ1n) is 12.7. The zero-order valence-corrected chi connectivity index (χ0v) is 20.5. The molecule has 0 bridgehead atoms. The number of aromatic nitrogens is 3. The number of carbonyl (C=O) groups is 1. The summed E-state index contributed by atoms with van der Waals surface area (Å²) in [5.74, 6) is 0.957. The monoisotopic (exact) mass is 487 g/mol. The number of benzene rings is 2. The van der Waals surface area contributed by atoms with E-state index in [4.69, 9.17) is 4.42 Å². The van der Waals surface area contributed by atoms with Crippen LogP contribution in [0, 0.1) is 18.7 Å². The molecule has 186 valence electrons. The van der Waals surface area contributed by atoms with Gasteiger partial charge in [0.1, 0.15) is 11.3 Å². The molecular weight excluding hydrogens is 457 g/mol. The van der Waals surface area contributed by atoms with Crippen LogP contribution >= 0.6 is 0 Å². The first-order chi connectivity index (χ1) is 17.5. The molecule has 2 aromatic heterocycles. The number of nitrogens with zero attached hydrogens (tertiary/aromatic N) is 4. The van der Waals surface area contributed by atoms with E-state index < -0.39 is 0 Å². The fourth-order valence-corrected chi connectivity index (χ4v) is 5.64. The van der Waals surface area contributed by atoms with Gasteiger partial charge in [-0.3, -0.25) is 14.8 Å². The van der Waals surface area contributed by atoms with Crippen molar-refractivity contribution in [3.63, 3.8) is 0 Å². The number of aryl methyl sites for hydroxylation is 1. The van der Waals surface area contributed by atoms with Gasteiger partial charge in [0.15, 0.2) is 11.5 Å². The van der Waals surface area contributed by atoms with Crippen LogP contribution in [0.2, 0.25) is 0 Å². The molecular formula is C28H30FN5O2. The van der Waals surface area contributed by atoms with E-state index >= 15 is 0 Å². The molecule has 8 heteroatoms. The quantitative estimate of drug-likeness (QED) is 0.435. The summed E-state index contributed by atoms with van der Waals surface area (Å²) in [6.07, 6.45) is 3.36. The Morgan fingerprint density at radius 1 is 1.22 bits per heavy atom. The second kappa shape index (κ2) is 9.50. The summed E-state index contributed by atoms with van der Waals surface area (Å²) in [5, 5.41) is 7.77. The lowest BCUT2D eigenvalue weighted by molar-refractivity contribution is -0.133. The lowest BCUT2D eigenvalue weighted by atomic mass is 9.93. The van der Waals surface area contributed by atoms with E-state index in [9.17, 15) is 9.18 Å². The lowest BCUT2D eigenvalue weighted by Crippen LogP contribution is -2.40. The second-order valence-corrected chi connectivity index (χ2v) is 10.0. The SMILES string of the molecule is Cc1nc2ccc(-c3n[nH]c4c3CN(C(=O)C[C@@H]3CCCN(Cc5ccccc5F)C3)CC4)cc2o1. The molecule has 4 aromatic rings. The van der Waals surface area contributed by atoms with Gasteiger partial charge in [0.2, 0.25) is 5.91 Å². The molecule has 1 amide bonds. The number of likely N-dealkylation sites (tertiary alicyclic amines) is 1. The van der Waals surface area contributed by atoms with Crippen molar-refractivity contribution < 1.29 is 13.6 Å². The summed E-state index contributed by atoms with van der Waals surface area (Å²) >= 11 is 0. The average molecular weight is 488 g/mol. The largest absolute Gasteiger partial charge is 0.441 e. The molecule has 0 saturated carbocycles. The number of fused-ring (bicyclic) bond motifs is 2. The number of halogens is 1. The topological polar surface area (TPSA) is 78.3 Å². The first-order valence-corrected chi connectivity index (χ1v) is 12.7. The van der Waals surface area contributed by atoms with Crippen molar-refractivity contribution in [1.82, 2.24) is 25.0 Å². The zero-order chi connectivity index (χ0) is 24.6. The van der Waals surface area contributed by atoms with E-state index in [-0.39, 0.29) is 11.7 Å². The summed E-state index contributed by atoms with van der Waals surface area (Å²) in [7, 11) is 0. The second-order valence-electron chi connectivity index (χ2n) is 10.0. The molecule has 2 aromatic carbocycles. The zero-order valence-electron chi connectivity index (χ0n) is 20.5. The van der Waals surface area contributed by atoms with Gasteiger partial charge in [-0.25, -0.2) is 9.37 Å². The smallest absolute Gasteiger partial charge is 0.223 e. The minimum absolute atomic E-state index is 0.159. The molecule has 4 heterocycles. The van der Waals surface area contributed by atoms with E-state index in [1.807, 2.05) is 42.2 Å². The predicted octanol–water partition coefficient (Wildman–Crippen LogP) is 4.85. The van der Waals surface area contributed by atoms with Gasteiger partial charge in [-0.05, 0) is 43.5 Å². The van der Waals surface area contributed by atoms with Crippen LogP contribution in [0.1, 0.15) is 42.0 Å². The molecule has 6 rings (SSSR count). The van der Waals surface area contributed by atoms with E-state index in [1.54, 1.807) is 6.07 Å². The maximum atomic E-state index is 14.1. The van der Waals surface area contributed by atoms with Crippen molar-refractivity contribution in [3.8, 4) is 11.3 Å². The number of amides is 1. The summed E-state index contributed by atoms with van der Waals surface area (Å²) in [6, 6.07) is 12.9. The number of hydrogen-bond acceptors (Lipinski definition) is 5.